The van der Waals surface area contributed by atoms with E-state index in [1.807, 2.05) is 37.4 Å². The first kappa shape index (κ1) is 15.9. The van der Waals surface area contributed by atoms with E-state index in [0.29, 0.717) is 19.4 Å². The van der Waals surface area contributed by atoms with E-state index in [2.05, 4.69) is 16.4 Å². The topological polar surface area (TPSA) is 71.5 Å². The number of amides is 1. The number of nitrogens with one attached hydrogen (secondary N) is 1. The fourth-order valence-corrected chi connectivity index (χ4v) is 3.04. The van der Waals surface area contributed by atoms with Gasteiger partial charge in [-0.1, -0.05) is 18.2 Å². The Hall–Kier alpha value is -1.98. The number of fused-ring (bicyclic) bond motifs is 1. The molecule has 1 aliphatic carbocycles. The van der Waals surface area contributed by atoms with E-state index in [4.69, 9.17) is 4.74 Å². The monoisotopic (exact) mass is 314 g/mol. The van der Waals surface area contributed by atoms with Gasteiger partial charge in [-0.25, -0.2) is 0 Å². The number of aromatic nitrogens is 1. The lowest BCUT2D eigenvalue weighted by Gasteiger charge is -2.38. The van der Waals surface area contributed by atoms with Crippen LogP contribution in [0.1, 0.15) is 31.4 Å². The number of hydrogen-bond donors (Lipinski definition) is 2. The van der Waals surface area contributed by atoms with Crippen molar-refractivity contribution in [3.8, 4) is 0 Å². The average Bonchev–Trinajstić information content (AvgIpc) is 2.55. The molecule has 1 aromatic carbocycles. The molecule has 1 amide bonds. The summed E-state index contributed by atoms with van der Waals surface area (Å²) in [6, 6.07) is 9.85. The van der Waals surface area contributed by atoms with Crippen LogP contribution in [0, 0.1) is 5.92 Å². The van der Waals surface area contributed by atoms with Crippen molar-refractivity contribution in [2.24, 2.45) is 5.92 Å². The van der Waals surface area contributed by atoms with Crippen LogP contribution in [0.4, 0.5) is 0 Å². The highest BCUT2D eigenvalue weighted by molar-refractivity contribution is 5.80. The lowest BCUT2D eigenvalue weighted by Crippen LogP contribution is -2.42. The number of carbonyl (C=O) groups excluding carboxylic acids is 1. The number of ether oxygens (including phenoxy) is 1. The van der Waals surface area contributed by atoms with Crippen molar-refractivity contribution < 1.29 is 14.6 Å². The summed E-state index contributed by atoms with van der Waals surface area (Å²) < 4.78 is 5.18. The van der Waals surface area contributed by atoms with Crippen LogP contribution < -0.4 is 5.32 Å². The molecule has 5 heteroatoms. The van der Waals surface area contributed by atoms with Crippen molar-refractivity contribution in [3.05, 3.63) is 42.1 Å². The van der Waals surface area contributed by atoms with Crippen molar-refractivity contribution in [3.63, 3.8) is 0 Å². The zero-order chi connectivity index (χ0) is 16.2. The zero-order valence-corrected chi connectivity index (χ0v) is 13.2. The van der Waals surface area contributed by atoms with Gasteiger partial charge in [0.1, 0.15) is 6.61 Å². The molecule has 0 spiro atoms. The van der Waals surface area contributed by atoms with Crippen LogP contribution in [-0.2, 0) is 9.53 Å². The average molecular weight is 314 g/mol. The Morgan fingerprint density at radius 2 is 2.22 bits per heavy atom. The second-order valence-corrected chi connectivity index (χ2v) is 6.03. The number of aliphatic hydroxyl groups is 1. The summed E-state index contributed by atoms with van der Waals surface area (Å²) in [5.41, 5.74) is 1.91. The molecule has 1 aliphatic rings. The van der Waals surface area contributed by atoms with Crippen LogP contribution in [-0.4, -0.2) is 35.3 Å². The molecule has 0 radical (unpaired) electrons. The summed E-state index contributed by atoms with van der Waals surface area (Å²) in [6.07, 6.45) is 2.96. The molecule has 5 nitrogen and oxygen atoms in total. The molecule has 2 N–H and O–H groups in total. The molecular weight excluding hydrogens is 292 g/mol. The van der Waals surface area contributed by atoms with E-state index < -0.39 is 0 Å². The SMILES string of the molecule is CCOCC(=O)NC(c1cnc2ccccc2c1)C1CC(O)C1. The van der Waals surface area contributed by atoms with Gasteiger partial charge < -0.3 is 15.2 Å². The molecule has 3 rings (SSSR count). The molecule has 1 heterocycles. The molecule has 0 bridgehead atoms. The van der Waals surface area contributed by atoms with Crippen LogP contribution in [0.5, 0.6) is 0 Å². The molecule has 1 fully saturated rings. The van der Waals surface area contributed by atoms with Crippen molar-refractivity contribution in [1.82, 2.24) is 10.3 Å². The van der Waals surface area contributed by atoms with Crippen LogP contribution >= 0.6 is 0 Å². The Morgan fingerprint density at radius 1 is 1.43 bits per heavy atom. The number of rotatable bonds is 6. The van der Waals surface area contributed by atoms with Crippen molar-refractivity contribution >= 4 is 16.8 Å². The van der Waals surface area contributed by atoms with E-state index in [1.165, 1.54) is 0 Å². The van der Waals surface area contributed by atoms with Gasteiger partial charge in [0.15, 0.2) is 0 Å². The molecule has 23 heavy (non-hydrogen) atoms. The standard InChI is InChI=1S/C18H22N2O3/c1-2-23-11-17(22)20-18(13-8-15(21)9-13)14-7-12-5-3-4-6-16(12)19-10-14/h3-7,10,13,15,18,21H,2,8-9,11H2,1H3,(H,20,22). The smallest absolute Gasteiger partial charge is 0.246 e. The number of carbonyl (C=O) groups is 1. The third kappa shape index (κ3) is 3.68. The van der Waals surface area contributed by atoms with E-state index in [1.54, 1.807) is 0 Å². The largest absolute Gasteiger partial charge is 0.393 e. The fraction of sp³-hybridized carbons (Fsp3) is 0.444. The maximum absolute atomic E-state index is 12.1. The van der Waals surface area contributed by atoms with Crippen LogP contribution in [0.3, 0.4) is 0 Å². The van der Waals surface area contributed by atoms with Gasteiger partial charge in [0, 0.05) is 18.2 Å². The first-order valence-corrected chi connectivity index (χ1v) is 8.07. The van der Waals surface area contributed by atoms with Crippen molar-refractivity contribution in [2.75, 3.05) is 13.2 Å². The predicted molar refractivity (Wildman–Crippen MR) is 87.9 cm³/mol. The molecule has 122 valence electrons. The summed E-state index contributed by atoms with van der Waals surface area (Å²) in [6.45, 7) is 2.43. The summed E-state index contributed by atoms with van der Waals surface area (Å²) in [5.74, 6) is 0.102. The predicted octanol–water partition coefficient (Wildman–Crippen LogP) is 2.20. The van der Waals surface area contributed by atoms with Gasteiger partial charge in [0.05, 0.1) is 17.7 Å². The number of nitrogens with zero attached hydrogens (tertiary/aromatic N) is 1. The fourth-order valence-electron chi connectivity index (χ4n) is 3.04. The highest BCUT2D eigenvalue weighted by atomic mass is 16.5. The Balaban J connectivity index is 1.82. The minimum Gasteiger partial charge on any atom is -0.393 e. The number of benzene rings is 1. The van der Waals surface area contributed by atoms with Gasteiger partial charge in [-0.05, 0) is 43.4 Å². The van der Waals surface area contributed by atoms with Gasteiger partial charge in [0.2, 0.25) is 5.91 Å². The first-order valence-electron chi connectivity index (χ1n) is 8.07. The summed E-state index contributed by atoms with van der Waals surface area (Å²) in [4.78, 5) is 16.5. The van der Waals surface area contributed by atoms with Crippen LogP contribution in [0.25, 0.3) is 10.9 Å². The number of pyridine rings is 1. The number of para-hydroxylation sites is 1. The number of aliphatic hydroxyl groups excluding tert-OH is 1. The molecule has 2 aromatic rings. The summed E-state index contributed by atoms with van der Waals surface area (Å²) in [5, 5.41) is 13.7. The van der Waals surface area contributed by atoms with Gasteiger partial charge >= 0.3 is 0 Å². The minimum absolute atomic E-state index is 0.0588. The molecule has 0 aliphatic heterocycles. The van der Waals surface area contributed by atoms with E-state index in [-0.39, 0.29) is 30.6 Å². The molecular formula is C18H22N2O3. The van der Waals surface area contributed by atoms with Crippen molar-refractivity contribution in [1.29, 1.82) is 0 Å². The maximum Gasteiger partial charge on any atom is 0.246 e. The van der Waals surface area contributed by atoms with Crippen LogP contribution in [0.15, 0.2) is 36.5 Å². The van der Waals surface area contributed by atoms with E-state index in [9.17, 15) is 9.90 Å². The Labute approximate surface area is 135 Å². The lowest BCUT2D eigenvalue weighted by molar-refractivity contribution is -0.127. The van der Waals surface area contributed by atoms with Gasteiger partial charge in [-0.2, -0.15) is 0 Å². The third-order valence-electron chi connectivity index (χ3n) is 4.35. The molecule has 1 aromatic heterocycles. The Bertz CT molecular complexity index is 683. The second kappa shape index (κ2) is 7.06. The highest BCUT2D eigenvalue weighted by Crippen LogP contribution is 2.38. The highest BCUT2D eigenvalue weighted by Gasteiger charge is 2.35. The van der Waals surface area contributed by atoms with Crippen LogP contribution in [0.2, 0.25) is 0 Å². The van der Waals surface area contributed by atoms with Crippen molar-refractivity contribution in [2.45, 2.75) is 31.9 Å². The lowest BCUT2D eigenvalue weighted by atomic mass is 9.75. The zero-order valence-electron chi connectivity index (χ0n) is 13.2. The quantitative estimate of drug-likeness (QED) is 0.857. The number of hydrogen-bond acceptors (Lipinski definition) is 4. The first-order chi connectivity index (χ1) is 11.2. The maximum atomic E-state index is 12.1. The normalized spacial score (nSPS) is 21.7. The molecule has 0 saturated heterocycles. The second-order valence-electron chi connectivity index (χ2n) is 6.03. The Kier molecular flexibility index (Phi) is 4.88. The van der Waals surface area contributed by atoms with E-state index >= 15 is 0 Å². The minimum atomic E-state index is -0.264. The molecule has 1 unspecified atom stereocenters. The summed E-state index contributed by atoms with van der Waals surface area (Å²) >= 11 is 0. The molecule has 1 saturated carbocycles. The third-order valence-corrected chi connectivity index (χ3v) is 4.35. The van der Waals surface area contributed by atoms with Gasteiger partial charge in [-0.3, -0.25) is 9.78 Å². The Morgan fingerprint density at radius 3 is 2.96 bits per heavy atom. The van der Waals surface area contributed by atoms with Gasteiger partial charge in [0.25, 0.3) is 0 Å². The summed E-state index contributed by atoms with van der Waals surface area (Å²) in [7, 11) is 0. The van der Waals surface area contributed by atoms with Gasteiger partial charge in [-0.15, -0.1) is 0 Å². The van der Waals surface area contributed by atoms with E-state index in [0.717, 1.165) is 16.5 Å². The molecule has 1 atom stereocenters.